The highest BCUT2D eigenvalue weighted by Crippen LogP contribution is 2.23. The number of aromatic nitrogens is 4. The van der Waals surface area contributed by atoms with Crippen molar-refractivity contribution in [3.8, 4) is 0 Å². The average molecular weight is 531 g/mol. The number of ether oxygens (including phenoxy) is 1. The van der Waals surface area contributed by atoms with Crippen LogP contribution in [0, 0.1) is 11.3 Å². The highest BCUT2D eigenvalue weighted by atomic mass is 16.6. The second kappa shape index (κ2) is 12.2. The Morgan fingerprint density at radius 3 is 2.62 bits per heavy atom. The molecule has 3 aromatic rings. The fourth-order valence-corrected chi connectivity index (χ4v) is 4.31. The van der Waals surface area contributed by atoms with E-state index in [1.165, 1.54) is 6.21 Å². The molecule has 0 saturated carbocycles. The van der Waals surface area contributed by atoms with E-state index in [0.717, 1.165) is 36.0 Å². The van der Waals surface area contributed by atoms with Gasteiger partial charge < -0.3 is 25.7 Å². The lowest BCUT2D eigenvalue weighted by Gasteiger charge is -2.33. The molecule has 0 spiro atoms. The summed E-state index contributed by atoms with van der Waals surface area (Å²) in [5.41, 5.74) is 3.61. The minimum Gasteiger partial charge on any atom is -0.444 e. The van der Waals surface area contributed by atoms with Crippen molar-refractivity contribution in [3.63, 3.8) is 0 Å². The highest BCUT2D eigenvalue weighted by Gasteiger charge is 2.26. The van der Waals surface area contributed by atoms with Crippen LogP contribution in [0.3, 0.4) is 0 Å². The molecule has 1 aliphatic rings. The number of allylic oxidation sites excluding steroid dienone is 1. The second-order valence-corrected chi connectivity index (χ2v) is 11.2. The van der Waals surface area contributed by atoms with E-state index < -0.39 is 5.60 Å². The van der Waals surface area contributed by atoms with Gasteiger partial charge in [0.05, 0.1) is 17.2 Å². The van der Waals surface area contributed by atoms with Crippen molar-refractivity contribution in [3.05, 3.63) is 54.0 Å². The van der Waals surface area contributed by atoms with Gasteiger partial charge in [-0.2, -0.15) is 5.10 Å². The van der Waals surface area contributed by atoms with Crippen LogP contribution in [0.15, 0.2) is 42.9 Å². The summed E-state index contributed by atoms with van der Waals surface area (Å²) in [5.74, 6) is 2.07. The maximum Gasteiger partial charge on any atom is 0.410 e. The largest absolute Gasteiger partial charge is 0.444 e. The van der Waals surface area contributed by atoms with Crippen LogP contribution in [-0.2, 0) is 4.74 Å². The van der Waals surface area contributed by atoms with Gasteiger partial charge in [-0.3, -0.25) is 4.98 Å². The summed E-state index contributed by atoms with van der Waals surface area (Å²) in [5, 5.41) is 22.8. The maximum absolute atomic E-state index is 12.3. The summed E-state index contributed by atoms with van der Waals surface area (Å²) >= 11 is 0. The summed E-state index contributed by atoms with van der Waals surface area (Å²) in [6, 6.07) is 7.67. The van der Waals surface area contributed by atoms with Crippen LogP contribution in [0.5, 0.6) is 0 Å². The number of nitrogens with zero attached hydrogens (tertiary/aromatic N) is 5. The van der Waals surface area contributed by atoms with E-state index in [4.69, 9.17) is 15.1 Å². The molecule has 3 aromatic heterocycles. The predicted molar refractivity (Wildman–Crippen MR) is 154 cm³/mol. The molecule has 1 amide bonds. The van der Waals surface area contributed by atoms with E-state index in [2.05, 4.69) is 39.7 Å². The first kappa shape index (κ1) is 27.9. The van der Waals surface area contributed by atoms with Crippen molar-refractivity contribution >= 4 is 40.6 Å². The van der Waals surface area contributed by atoms with Gasteiger partial charge in [0.15, 0.2) is 5.82 Å². The smallest absolute Gasteiger partial charge is 0.410 e. The summed E-state index contributed by atoms with van der Waals surface area (Å²) in [4.78, 5) is 23.3. The Balaban J connectivity index is 1.37. The van der Waals surface area contributed by atoms with Crippen molar-refractivity contribution in [2.45, 2.75) is 59.0 Å². The number of rotatable bonds is 8. The van der Waals surface area contributed by atoms with Crippen LogP contribution in [0.2, 0.25) is 0 Å². The molecule has 39 heavy (non-hydrogen) atoms. The van der Waals surface area contributed by atoms with Gasteiger partial charge >= 0.3 is 6.09 Å². The van der Waals surface area contributed by atoms with Crippen molar-refractivity contribution < 1.29 is 9.53 Å². The van der Waals surface area contributed by atoms with Crippen LogP contribution < -0.4 is 10.6 Å². The Bertz CT molecular complexity index is 1340. The molecule has 1 saturated heterocycles. The molecule has 1 aliphatic heterocycles. The number of carbonyl (C=O) groups is 1. The fraction of sp³-hybridized carbons (Fsp3) is 0.448. The molecule has 10 heteroatoms. The predicted octanol–water partition coefficient (Wildman–Crippen LogP) is 5.51. The van der Waals surface area contributed by atoms with E-state index in [1.807, 2.05) is 51.2 Å². The number of nitrogens with one attached hydrogen (secondary N) is 3. The third-order valence-electron chi connectivity index (χ3n) is 6.55. The van der Waals surface area contributed by atoms with Gasteiger partial charge in [-0.05, 0) is 75.3 Å². The zero-order valence-electron chi connectivity index (χ0n) is 23.4. The van der Waals surface area contributed by atoms with Crippen molar-refractivity contribution in [1.29, 1.82) is 5.41 Å². The molecule has 3 N–H and O–H groups in total. The maximum atomic E-state index is 12.3. The summed E-state index contributed by atoms with van der Waals surface area (Å²) < 4.78 is 5.49. The fourth-order valence-electron chi connectivity index (χ4n) is 4.31. The third-order valence-corrected chi connectivity index (χ3v) is 6.55. The van der Waals surface area contributed by atoms with Crippen molar-refractivity contribution in [2.24, 2.45) is 5.92 Å². The molecule has 0 bridgehead atoms. The van der Waals surface area contributed by atoms with E-state index in [0.29, 0.717) is 47.7 Å². The van der Waals surface area contributed by atoms with Gasteiger partial charge in [-0.25, -0.2) is 9.78 Å². The normalized spacial score (nSPS) is 14.9. The zero-order valence-corrected chi connectivity index (χ0v) is 23.4. The summed E-state index contributed by atoms with van der Waals surface area (Å²) in [6.45, 7) is 12.0. The minimum absolute atomic E-state index is 0.243. The van der Waals surface area contributed by atoms with E-state index >= 15 is 0 Å². The molecule has 206 valence electrons. The number of pyridine rings is 2. The van der Waals surface area contributed by atoms with Gasteiger partial charge in [-0.15, -0.1) is 5.10 Å². The van der Waals surface area contributed by atoms with Crippen LogP contribution >= 0.6 is 0 Å². The Morgan fingerprint density at radius 2 is 1.92 bits per heavy atom. The molecule has 0 atom stereocenters. The molecule has 10 nitrogen and oxygen atoms in total. The average Bonchev–Trinajstić information content (AvgIpc) is 2.90. The topological polar surface area (TPSA) is 129 Å². The molecule has 4 heterocycles. The molecule has 0 radical (unpaired) electrons. The van der Waals surface area contributed by atoms with Gasteiger partial charge in [0.1, 0.15) is 11.4 Å². The first-order valence-electron chi connectivity index (χ1n) is 13.4. The van der Waals surface area contributed by atoms with Crippen LogP contribution in [-0.4, -0.2) is 62.6 Å². The van der Waals surface area contributed by atoms with Crippen molar-refractivity contribution in [2.75, 3.05) is 25.0 Å². The number of fused-ring (bicyclic) bond motifs is 1. The molecule has 0 aromatic carbocycles. The van der Waals surface area contributed by atoms with Gasteiger partial charge in [0, 0.05) is 49.4 Å². The number of carbonyl (C=O) groups excluding carboxylic acids is 1. The van der Waals surface area contributed by atoms with Crippen molar-refractivity contribution in [1.82, 2.24) is 30.4 Å². The number of amides is 1. The summed E-state index contributed by atoms with van der Waals surface area (Å²) in [7, 11) is 0. The number of likely N-dealkylation sites (tertiary alicyclic amines) is 1. The number of hydrogen-bond acceptors (Lipinski definition) is 9. The van der Waals surface area contributed by atoms with Crippen LogP contribution in [0.1, 0.15) is 64.5 Å². The van der Waals surface area contributed by atoms with E-state index in [1.54, 1.807) is 17.3 Å². The third kappa shape index (κ3) is 7.72. The second-order valence-electron chi connectivity index (χ2n) is 11.2. The quantitative estimate of drug-likeness (QED) is 0.325. The standard InChI is InChI=1S/C29H38N8O2/c1-19(2)21-13-27(36-33-18-21)35-26-7-6-24-25(34-26)12-22(17-32-24)23(14-30)16-31-15-20-8-10-37(11-9-20)28(38)39-29(3,4)5/h6-7,12-14,16-20,30-31H,8-11,15H2,1-5H3,(H,34,35,36)/b23-16+,30-14?. The Kier molecular flexibility index (Phi) is 8.73. The van der Waals surface area contributed by atoms with E-state index in [-0.39, 0.29) is 6.09 Å². The first-order chi connectivity index (χ1) is 18.6. The number of piperidine rings is 1. The molecular weight excluding hydrogens is 492 g/mol. The minimum atomic E-state index is -0.483. The lowest BCUT2D eigenvalue weighted by Crippen LogP contribution is -2.43. The lowest BCUT2D eigenvalue weighted by atomic mass is 9.97. The molecule has 0 aliphatic carbocycles. The number of anilines is 2. The Labute approximate surface area is 229 Å². The monoisotopic (exact) mass is 530 g/mol. The molecular formula is C29H38N8O2. The van der Waals surface area contributed by atoms with Crippen LogP contribution in [0.4, 0.5) is 16.4 Å². The highest BCUT2D eigenvalue weighted by molar-refractivity contribution is 6.08. The number of hydrogen-bond donors (Lipinski definition) is 3. The molecule has 0 unspecified atom stereocenters. The summed E-state index contributed by atoms with van der Waals surface area (Å²) in [6.07, 6.45) is 8.26. The van der Waals surface area contributed by atoms with Gasteiger partial charge in [0.2, 0.25) is 0 Å². The lowest BCUT2D eigenvalue weighted by molar-refractivity contribution is 0.0185. The molecule has 4 rings (SSSR count). The van der Waals surface area contributed by atoms with Gasteiger partial charge in [-0.1, -0.05) is 13.8 Å². The van der Waals surface area contributed by atoms with E-state index in [9.17, 15) is 4.79 Å². The molecule has 1 fully saturated rings. The Morgan fingerprint density at radius 1 is 1.15 bits per heavy atom. The van der Waals surface area contributed by atoms with Crippen LogP contribution in [0.25, 0.3) is 16.6 Å². The first-order valence-corrected chi connectivity index (χ1v) is 13.4. The Hall–Kier alpha value is -4.08. The zero-order chi connectivity index (χ0) is 28.0. The van der Waals surface area contributed by atoms with Gasteiger partial charge in [0.25, 0.3) is 0 Å². The SMILES string of the molecule is CC(C)c1cnnc(Nc2ccc3ncc(/C(C=N)=C/NCC4CCN(C(=O)OC(C)(C)C)CC4)cc3n2)c1.